The average Bonchev–Trinajstić information content (AvgIpc) is 2.48. The molecule has 2 N–H and O–H groups in total. The smallest absolute Gasteiger partial charge is 0.220 e. The molecule has 0 saturated heterocycles. The van der Waals surface area contributed by atoms with Crippen LogP contribution in [0.2, 0.25) is 0 Å². The maximum atomic E-state index is 14.4. The summed E-state index contributed by atoms with van der Waals surface area (Å²) in [6, 6.07) is 7.97. The molecule has 1 aromatic carbocycles. The van der Waals surface area contributed by atoms with Gasteiger partial charge < -0.3 is 5.73 Å². The van der Waals surface area contributed by atoms with E-state index in [2.05, 4.69) is 4.98 Å². The molecule has 0 radical (unpaired) electrons. The topological polar surface area (TPSA) is 38.9 Å². The first-order chi connectivity index (χ1) is 10.5. The van der Waals surface area contributed by atoms with Gasteiger partial charge in [-0.25, -0.2) is 9.37 Å². The Morgan fingerprint density at radius 2 is 2.09 bits per heavy atom. The number of pyridine rings is 1. The van der Waals surface area contributed by atoms with Crippen molar-refractivity contribution in [2.45, 2.75) is 18.8 Å². The number of halogens is 2. The largest absolute Gasteiger partial charge is 0.394 e. The van der Waals surface area contributed by atoms with E-state index in [1.165, 1.54) is 12.3 Å². The minimum Gasteiger partial charge on any atom is -0.394 e. The first-order valence-electron chi connectivity index (χ1n) is 7.02. The molecule has 0 amide bonds. The van der Waals surface area contributed by atoms with Crippen molar-refractivity contribution in [3.8, 4) is 11.1 Å². The first kappa shape index (κ1) is 15.0. The van der Waals surface area contributed by atoms with Gasteiger partial charge in [-0.05, 0) is 47.9 Å². The van der Waals surface area contributed by atoms with Crippen molar-refractivity contribution in [1.29, 1.82) is 0 Å². The third kappa shape index (κ3) is 2.73. The summed E-state index contributed by atoms with van der Waals surface area (Å²) in [6.07, 6.45) is 4.07. The Balaban J connectivity index is 2.12. The van der Waals surface area contributed by atoms with Crippen LogP contribution in [0.5, 0.6) is 0 Å². The highest BCUT2D eigenvalue weighted by Gasteiger charge is 2.30. The lowest BCUT2D eigenvalue weighted by Gasteiger charge is -2.31. The summed E-state index contributed by atoms with van der Waals surface area (Å²) >= 11 is 1.57. The van der Waals surface area contributed by atoms with E-state index >= 15 is 0 Å². The number of hydrogen-bond donors (Lipinski definition) is 1. The minimum absolute atomic E-state index is 0.300. The maximum Gasteiger partial charge on any atom is 0.220 e. The summed E-state index contributed by atoms with van der Waals surface area (Å²) in [7, 11) is 0. The first-order valence-corrected chi connectivity index (χ1v) is 8.00. The molecule has 0 fully saturated rings. The Labute approximate surface area is 132 Å². The maximum absolute atomic E-state index is 14.4. The Morgan fingerprint density at radius 1 is 1.27 bits per heavy atom. The van der Waals surface area contributed by atoms with Crippen LogP contribution in [-0.2, 0) is 5.41 Å². The zero-order valence-electron chi connectivity index (χ0n) is 12.1. The monoisotopic (exact) mass is 318 g/mol. The lowest BCUT2D eigenvalue weighted by Crippen LogP contribution is -2.26. The number of thioether (sulfide) groups is 1. The number of nitrogens with two attached hydrogens (primary N) is 1. The van der Waals surface area contributed by atoms with E-state index in [0.717, 1.165) is 12.2 Å². The van der Waals surface area contributed by atoms with Crippen molar-refractivity contribution in [3.05, 3.63) is 65.0 Å². The number of nitrogens with zero attached hydrogens (tertiary/aromatic N) is 1. The number of aromatic nitrogens is 1. The summed E-state index contributed by atoms with van der Waals surface area (Å²) in [6.45, 7) is 1.96. The molecule has 2 aromatic rings. The van der Waals surface area contributed by atoms with Gasteiger partial charge in [0, 0.05) is 22.9 Å². The van der Waals surface area contributed by atoms with Gasteiger partial charge >= 0.3 is 0 Å². The van der Waals surface area contributed by atoms with Crippen LogP contribution in [0.3, 0.4) is 0 Å². The van der Waals surface area contributed by atoms with Crippen LogP contribution in [0.4, 0.5) is 8.78 Å². The zero-order valence-corrected chi connectivity index (χ0v) is 13.0. The molecule has 0 saturated carbocycles. The molecule has 22 heavy (non-hydrogen) atoms. The van der Waals surface area contributed by atoms with Gasteiger partial charge in [0.2, 0.25) is 5.95 Å². The molecule has 0 spiro atoms. The van der Waals surface area contributed by atoms with Gasteiger partial charge in [0.25, 0.3) is 0 Å². The second-order valence-corrected chi connectivity index (χ2v) is 6.77. The van der Waals surface area contributed by atoms with E-state index in [1.807, 2.05) is 13.0 Å². The molecule has 1 aromatic heterocycles. The van der Waals surface area contributed by atoms with Gasteiger partial charge in [0.1, 0.15) is 5.82 Å². The number of rotatable bonds is 2. The van der Waals surface area contributed by atoms with E-state index in [-0.39, 0.29) is 5.82 Å². The van der Waals surface area contributed by atoms with Crippen molar-refractivity contribution in [1.82, 2.24) is 4.98 Å². The molecule has 114 valence electrons. The molecule has 1 aliphatic rings. The second kappa shape index (κ2) is 5.72. The average molecular weight is 318 g/mol. The van der Waals surface area contributed by atoms with Gasteiger partial charge in [0.15, 0.2) is 0 Å². The highest BCUT2D eigenvalue weighted by molar-refractivity contribution is 8.03. The summed E-state index contributed by atoms with van der Waals surface area (Å²) < 4.78 is 28.2. The molecule has 0 aliphatic carbocycles. The Hall–Kier alpha value is -1.88. The molecule has 5 heteroatoms. The molecule has 1 atom stereocenters. The van der Waals surface area contributed by atoms with Crippen LogP contribution in [0.1, 0.15) is 18.9 Å². The SMILES string of the molecule is C[C@]1(c2cc(-c3cccnc3F)ccc2F)C=C(N)SCC1. The standard InChI is InChI=1S/C17H16F2N2S/c1-17(6-8-22-15(20)10-17)13-9-11(4-5-14(13)18)12-3-2-7-21-16(12)19/h2-5,7,9-10H,6,8,20H2,1H3/t17-/m1/s1. The quantitative estimate of drug-likeness (QED) is 0.843. The lowest BCUT2D eigenvalue weighted by atomic mass is 9.78. The molecule has 0 unspecified atom stereocenters. The lowest BCUT2D eigenvalue weighted by molar-refractivity contribution is 0.515. The van der Waals surface area contributed by atoms with Gasteiger partial charge in [-0.3, -0.25) is 0 Å². The van der Waals surface area contributed by atoms with Gasteiger partial charge in [0.05, 0.1) is 5.03 Å². The fraction of sp³-hybridized carbons (Fsp3) is 0.235. The molecule has 1 aliphatic heterocycles. The number of hydrogen-bond acceptors (Lipinski definition) is 3. The highest BCUT2D eigenvalue weighted by atomic mass is 32.2. The fourth-order valence-corrected chi connectivity index (χ4v) is 3.86. The fourth-order valence-electron chi connectivity index (χ4n) is 2.75. The van der Waals surface area contributed by atoms with Crippen LogP contribution in [-0.4, -0.2) is 10.7 Å². The van der Waals surface area contributed by atoms with Crippen LogP contribution >= 0.6 is 11.8 Å². The molecular weight excluding hydrogens is 302 g/mol. The van der Waals surface area contributed by atoms with Crippen LogP contribution in [0.25, 0.3) is 11.1 Å². The normalized spacial score (nSPS) is 21.5. The van der Waals surface area contributed by atoms with E-state index in [0.29, 0.717) is 21.7 Å². The summed E-state index contributed by atoms with van der Waals surface area (Å²) in [5.41, 5.74) is 6.95. The number of benzene rings is 1. The molecule has 3 rings (SSSR count). The van der Waals surface area contributed by atoms with E-state index in [4.69, 9.17) is 5.73 Å². The Morgan fingerprint density at radius 3 is 2.82 bits per heavy atom. The van der Waals surface area contributed by atoms with E-state index < -0.39 is 11.4 Å². The van der Waals surface area contributed by atoms with Crippen LogP contribution in [0.15, 0.2) is 47.6 Å². The van der Waals surface area contributed by atoms with Crippen molar-refractivity contribution in [2.75, 3.05) is 5.75 Å². The third-order valence-corrected chi connectivity index (χ3v) is 4.86. The van der Waals surface area contributed by atoms with Gasteiger partial charge in [-0.15, -0.1) is 11.8 Å². The van der Waals surface area contributed by atoms with E-state index in [1.54, 1.807) is 36.0 Å². The van der Waals surface area contributed by atoms with Crippen molar-refractivity contribution in [2.24, 2.45) is 5.73 Å². The van der Waals surface area contributed by atoms with Gasteiger partial charge in [-0.1, -0.05) is 13.0 Å². The summed E-state index contributed by atoms with van der Waals surface area (Å²) in [5.74, 6) is -0.0185. The predicted octanol–water partition coefficient (Wildman–Crippen LogP) is 4.22. The van der Waals surface area contributed by atoms with Crippen LogP contribution < -0.4 is 5.73 Å². The Kier molecular flexibility index (Phi) is 3.91. The summed E-state index contributed by atoms with van der Waals surface area (Å²) in [5, 5.41) is 0.700. The second-order valence-electron chi connectivity index (χ2n) is 5.60. The van der Waals surface area contributed by atoms with Crippen LogP contribution in [0, 0.1) is 11.8 Å². The summed E-state index contributed by atoms with van der Waals surface area (Å²) in [4.78, 5) is 3.65. The Bertz CT molecular complexity index is 745. The van der Waals surface area contributed by atoms with Crippen molar-refractivity contribution >= 4 is 11.8 Å². The highest BCUT2D eigenvalue weighted by Crippen LogP contribution is 2.40. The molecule has 0 bridgehead atoms. The molecular formula is C17H16F2N2S. The third-order valence-electron chi connectivity index (χ3n) is 4.00. The van der Waals surface area contributed by atoms with Crippen molar-refractivity contribution < 1.29 is 8.78 Å². The van der Waals surface area contributed by atoms with Gasteiger partial charge in [-0.2, -0.15) is 4.39 Å². The number of allylic oxidation sites excluding steroid dienone is 1. The predicted molar refractivity (Wildman–Crippen MR) is 86.3 cm³/mol. The minimum atomic E-state index is -0.556. The zero-order chi connectivity index (χ0) is 15.7. The molecule has 2 heterocycles. The van der Waals surface area contributed by atoms with E-state index in [9.17, 15) is 8.78 Å². The molecule has 2 nitrogen and oxygen atoms in total. The van der Waals surface area contributed by atoms with Crippen molar-refractivity contribution in [3.63, 3.8) is 0 Å².